The summed E-state index contributed by atoms with van der Waals surface area (Å²) in [7, 11) is 0. The Hall–Kier alpha value is -0.380. The highest BCUT2D eigenvalue weighted by Gasteiger charge is 2.18. The number of aryl methyl sites for hydroxylation is 1. The normalized spacial score (nSPS) is 19.7. The fraction of sp³-hybridized carbons (Fsp3) is 0.538. The predicted octanol–water partition coefficient (Wildman–Crippen LogP) is 2.72. The van der Waals surface area contributed by atoms with E-state index >= 15 is 0 Å². The zero-order valence-corrected chi connectivity index (χ0v) is 11.5. The SMILES string of the molecule is Cc1cc(Br)ccc1C(C)N1CCNCC1. The molecule has 1 aliphatic heterocycles. The maximum Gasteiger partial charge on any atom is 0.0323 e. The van der Waals surface area contributed by atoms with Gasteiger partial charge < -0.3 is 5.32 Å². The van der Waals surface area contributed by atoms with E-state index in [0.29, 0.717) is 6.04 Å². The molecule has 0 aliphatic carbocycles. The van der Waals surface area contributed by atoms with E-state index in [1.54, 1.807) is 0 Å². The summed E-state index contributed by atoms with van der Waals surface area (Å²) < 4.78 is 1.17. The molecule has 1 aliphatic rings. The summed E-state index contributed by atoms with van der Waals surface area (Å²) in [4.78, 5) is 2.55. The first kappa shape index (κ1) is 12.1. The van der Waals surface area contributed by atoms with E-state index in [2.05, 4.69) is 58.2 Å². The lowest BCUT2D eigenvalue weighted by Gasteiger charge is -2.33. The Kier molecular flexibility index (Phi) is 4.00. The molecule has 1 unspecified atom stereocenters. The van der Waals surface area contributed by atoms with E-state index in [-0.39, 0.29) is 0 Å². The molecule has 0 saturated carbocycles. The molecular weight excluding hydrogens is 264 g/mol. The Labute approximate surface area is 106 Å². The zero-order valence-electron chi connectivity index (χ0n) is 9.96. The van der Waals surface area contributed by atoms with Gasteiger partial charge in [0.25, 0.3) is 0 Å². The number of halogens is 1. The average Bonchev–Trinajstić information content (AvgIpc) is 2.29. The topological polar surface area (TPSA) is 15.3 Å². The standard InChI is InChI=1S/C13H19BrN2/c1-10-9-12(14)3-4-13(10)11(2)16-7-5-15-6-8-16/h3-4,9,11,15H,5-8H2,1-2H3. The first-order valence-electron chi connectivity index (χ1n) is 5.89. The van der Waals surface area contributed by atoms with Crippen LogP contribution in [0.4, 0.5) is 0 Å². The monoisotopic (exact) mass is 282 g/mol. The fourth-order valence-corrected chi connectivity index (χ4v) is 2.85. The van der Waals surface area contributed by atoms with Gasteiger partial charge in [0, 0.05) is 36.7 Å². The molecule has 3 heteroatoms. The average molecular weight is 283 g/mol. The van der Waals surface area contributed by atoms with Gasteiger partial charge in [0.2, 0.25) is 0 Å². The van der Waals surface area contributed by atoms with Crippen molar-refractivity contribution >= 4 is 15.9 Å². The second-order valence-electron chi connectivity index (χ2n) is 4.46. The van der Waals surface area contributed by atoms with Crippen molar-refractivity contribution in [2.75, 3.05) is 26.2 Å². The van der Waals surface area contributed by atoms with E-state index in [0.717, 1.165) is 26.2 Å². The Morgan fingerprint density at radius 2 is 2.00 bits per heavy atom. The number of hydrogen-bond acceptors (Lipinski definition) is 2. The number of nitrogens with zero attached hydrogens (tertiary/aromatic N) is 1. The number of rotatable bonds is 2. The van der Waals surface area contributed by atoms with Crippen molar-refractivity contribution < 1.29 is 0 Å². The van der Waals surface area contributed by atoms with Crippen molar-refractivity contribution in [3.05, 3.63) is 33.8 Å². The molecule has 1 aromatic rings. The van der Waals surface area contributed by atoms with Crippen molar-refractivity contribution in [2.24, 2.45) is 0 Å². The van der Waals surface area contributed by atoms with Crippen molar-refractivity contribution in [3.63, 3.8) is 0 Å². The minimum atomic E-state index is 0.523. The molecule has 0 radical (unpaired) electrons. The second kappa shape index (κ2) is 5.30. The van der Waals surface area contributed by atoms with Crippen LogP contribution in [0.25, 0.3) is 0 Å². The number of nitrogens with one attached hydrogen (secondary N) is 1. The van der Waals surface area contributed by atoms with E-state index in [1.165, 1.54) is 15.6 Å². The van der Waals surface area contributed by atoms with Gasteiger partial charge >= 0.3 is 0 Å². The predicted molar refractivity (Wildman–Crippen MR) is 71.7 cm³/mol. The van der Waals surface area contributed by atoms with Gasteiger partial charge in [-0.1, -0.05) is 22.0 Å². The van der Waals surface area contributed by atoms with E-state index in [9.17, 15) is 0 Å². The lowest BCUT2D eigenvalue weighted by Crippen LogP contribution is -2.44. The van der Waals surface area contributed by atoms with Crippen molar-refractivity contribution in [3.8, 4) is 0 Å². The maximum atomic E-state index is 3.52. The summed E-state index contributed by atoms with van der Waals surface area (Å²) in [6, 6.07) is 7.11. The minimum Gasteiger partial charge on any atom is -0.314 e. The molecule has 16 heavy (non-hydrogen) atoms. The van der Waals surface area contributed by atoms with Crippen LogP contribution in [0, 0.1) is 6.92 Å². The first-order valence-corrected chi connectivity index (χ1v) is 6.68. The molecule has 0 spiro atoms. The van der Waals surface area contributed by atoms with E-state index < -0.39 is 0 Å². The molecule has 0 aromatic heterocycles. The first-order chi connectivity index (χ1) is 7.68. The zero-order chi connectivity index (χ0) is 11.5. The highest BCUT2D eigenvalue weighted by atomic mass is 79.9. The molecule has 2 nitrogen and oxygen atoms in total. The quantitative estimate of drug-likeness (QED) is 0.897. The maximum absolute atomic E-state index is 3.52. The molecule has 0 amide bonds. The van der Waals surface area contributed by atoms with Crippen LogP contribution < -0.4 is 5.32 Å². The van der Waals surface area contributed by atoms with Crippen molar-refractivity contribution in [1.29, 1.82) is 0 Å². The highest BCUT2D eigenvalue weighted by Crippen LogP contribution is 2.25. The molecule has 1 heterocycles. The molecule has 1 N–H and O–H groups in total. The summed E-state index contributed by atoms with van der Waals surface area (Å²) in [5.74, 6) is 0. The van der Waals surface area contributed by atoms with Gasteiger partial charge in [0.15, 0.2) is 0 Å². The van der Waals surface area contributed by atoms with Crippen LogP contribution in [0.1, 0.15) is 24.1 Å². The molecule has 1 saturated heterocycles. The highest BCUT2D eigenvalue weighted by molar-refractivity contribution is 9.10. The van der Waals surface area contributed by atoms with Crippen LogP contribution in [0.15, 0.2) is 22.7 Å². The summed E-state index contributed by atoms with van der Waals surface area (Å²) in [6.07, 6.45) is 0. The summed E-state index contributed by atoms with van der Waals surface area (Å²) in [5, 5.41) is 3.40. The Morgan fingerprint density at radius 1 is 1.31 bits per heavy atom. The third kappa shape index (κ3) is 2.65. The Balaban J connectivity index is 2.15. The second-order valence-corrected chi connectivity index (χ2v) is 5.38. The van der Waals surface area contributed by atoms with Crippen LogP contribution in [0.3, 0.4) is 0 Å². The van der Waals surface area contributed by atoms with Gasteiger partial charge in [-0.25, -0.2) is 0 Å². The molecule has 0 bridgehead atoms. The number of piperazine rings is 1. The van der Waals surface area contributed by atoms with Gasteiger partial charge in [-0.15, -0.1) is 0 Å². The van der Waals surface area contributed by atoms with Gasteiger partial charge in [0.05, 0.1) is 0 Å². The lowest BCUT2D eigenvalue weighted by molar-refractivity contribution is 0.185. The third-order valence-corrected chi connectivity index (χ3v) is 3.87. The molecular formula is C13H19BrN2. The van der Waals surface area contributed by atoms with E-state index in [1.807, 2.05) is 0 Å². The molecule has 2 rings (SSSR count). The van der Waals surface area contributed by atoms with Crippen molar-refractivity contribution in [2.45, 2.75) is 19.9 Å². The third-order valence-electron chi connectivity index (χ3n) is 3.38. The van der Waals surface area contributed by atoms with Crippen LogP contribution in [-0.4, -0.2) is 31.1 Å². The largest absolute Gasteiger partial charge is 0.314 e. The smallest absolute Gasteiger partial charge is 0.0323 e. The summed E-state index contributed by atoms with van der Waals surface area (Å²) in [5.41, 5.74) is 2.82. The van der Waals surface area contributed by atoms with Crippen LogP contribution >= 0.6 is 15.9 Å². The fourth-order valence-electron chi connectivity index (χ4n) is 2.37. The van der Waals surface area contributed by atoms with E-state index in [4.69, 9.17) is 0 Å². The molecule has 1 atom stereocenters. The molecule has 88 valence electrons. The van der Waals surface area contributed by atoms with Gasteiger partial charge in [0.1, 0.15) is 0 Å². The van der Waals surface area contributed by atoms with Crippen LogP contribution in [0.2, 0.25) is 0 Å². The minimum absolute atomic E-state index is 0.523. The van der Waals surface area contributed by atoms with Gasteiger partial charge in [-0.05, 0) is 37.1 Å². The van der Waals surface area contributed by atoms with Crippen molar-refractivity contribution in [1.82, 2.24) is 10.2 Å². The molecule has 1 fully saturated rings. The molecule has 1 aromatic carbocycles. The lowest BCUT2D eigenvalue weighted by atomic mass is 10.0. The van der Waals surface area contributed by atoms with Crippen LogP contribution in [-0.2, 0) is 0 Å². The van der Waals surface area contributed by atoms with Gasteiger partial charge in [-0.3, -0.25) is 4.90 Å². The Bertz CT molecular complexity index is 359. The Morgan fingerprint density at radius 3 is 2.62 bits per heavy atom. The van der Waals surface area contributed by atoms with Gasteiger partial charge in [-0.2, -0.15) is 0 Å². The summed E-state index contributed by atoms with van der Waals surface area (Å²) in [6.45, 7) is 9.02. The number of benzene rings is 1. The number of hydrogen-bond donors (Lipinski definition) is 1. The summed E-state index contributed by atoms with van der Waals surface area (Å²) >= 11 is 3.52. The van der Waals surface area contributed by atoms with Crippen LogP contribution in [0.5, 0.6) is 0 Å².